The number of nitrogens with zero attached hydrogens (tertiary/aromatic N) is 2. The lowest BCUT2D eigenvalue weighted by atomic mass is 9.90. The van der Waals surface area contributed by atoms with Crippen LogP contribution in [-0.2, 0) is 0 Å². The van der Waals surface area contributed by atoms with Crippen LogP contribution in [0.25, 0.3) is 12.2 Å². The summed E-state index contributed by atoms with van der Waals surface area (Å²) < 4.78 is 12.7. The lowest BCUT2D eigenvalue weighted by Crippen LogP contribution is -2.29. The molecule has 0 bridgehead atoms. The van der Waals surface area contributed by atoms with E-state index in [0.717, 1.165) is 43.9 Å². The van der Waals surface area contributed by atoms with Crippen LogP contribution in [0.3, 0.4) is 0 Å². The van der Waals surface area contributed by atoms with Crippen LogP contribution in [0.4, 0.5) is 4.39 Å². The summed E-state index contributed by atoms with van der Waals surface area (Å²) in [4.78, 5) is 20.2. The normalized spacial score (nSPS) is 18.9. The number of hydrogen-bond donors (Lipinski definition) is 1. The van der Waals surface area contributed by atoms with Crippen molar-refractivity contribution < 1.29 is 9.18 Å². The Morgan fingerprint density at radius 3 is 2.44 bits per heavy atom. The number of nitrogens with one attached hydrogen (secondary N) is 1. The molecule has 36 heavy (non-hydrogen) atoms. The van der Waals surface area contributed by atoms with Gasteiger partial charge < -0.3 is 14.8 Å². The highest BCUT2D eigenvalue weighted by atomic mass is 32.1. The van der Waals surface area contributed by atoms with Crippen LogP contribution < -0.4 is 0 Å². The van der Waals surface area contributed by atoms with E-state index in [0.29, 0.717) is 17.5 Å². The topological polar surface area (TPSA) is 39.3 Å². The van der Waals surface area contributed by atoms with Crippen LogP contribution in [0, 0.1) is 5.82 Å². The van der Waals surface area contributed by atoms with E-state index in [1.165, 1.54) is 24.0 Å². The Hall–Kier alpha value is -2.96. The quantitative estimate of drug-likeness (QED) is 0.405. The van der Waals surface area contributed by atoms with Crippen LogP contribution in [0.15, 0.2) is 59.8 Å². The third-order valence-electron chi connectivity index (χ3n) is 7.21. The van der Waals surface area contributed by atoms with Crippen LogP contribution >= 0.6 is 11.3 Å². The fourth-order valence-corrected chi connectivity index (χ4v) is 5.80. The number of likely N-dealkylation sites (tertiary alicyclic amines) is 2. The van der Waals surface area contributed by atoms with Crippen molar-refractivity contribution in [1.29, 1.82) is 0 Å². The fourth-order valence-electron chi connectivity index (χ4n) is 5.06. The molecule has 0 spiro atoms. The summed E-state index contributed by atoms with van der Waals surface area (Å²) in [6, 6.07) is 11.0. The van der Waals surface area contributed by atoms with Gasteiger partial charge in [0, 0.05) is 24.7 Å². The Bertz CT molecular complexity index is 1160. The van der Waals surface area contributed by atoms with Crippen molar-refractivity contribution in [2.75, 3.05) is 33.2 Å². The number of piperidine rings is 1. The lowest BCUT2D eigenvalue weighted by Gasteiger charge is -2.29. The number of thiophene rings is 1. The highest BCUT2D eigenvalue weighted by Gasteiger charge is 2.29. The molecule has 1 atom stereocenters. The molecule has 0 aliphatic carbocycles. The summed E-state index contributed by atoms with van der Waals surface area (Å²) in [5.41, 5.74) is 5.20. The van der Waals surface area contributed by atoms with Crippen molar-refractivity contribution >= 4 is 29.4 Å². The highest BCUT2D eigenvalue weighted by molar-refractivity contribution is 7.08. The number of aromatic nitrogens is 1. The molecule has 2 saturated heterocycles. The second kappa shape index (κ2) is 12.3. The van der Waals surface area contributed by atoms with Crippen molar-refractivity contribution in [1.82, 2.24) is 14.8 Å². The number of carbonyl (C=O) groups is 1. The van der Waals surface area contributed by atoms with E-state index in [-0.39, 0.29) is 11.7 Å². The van der Waals surface area contributed by atoms with Crippen LogP contribution in [-0.4, -0.2) is 53.9 Å². The van der Waals surface area contributed by atoms with Crippen molar-refractivity contribution in [2.24, 2.45) is 0 Å². The SMILES string of the molecule is C=Cc1[nH]c(C(=O)N2CCC(c3ccsc3)C2)cc1/C=C\C.CN1CCC(c2ccc(F)cc2)CC1. The van der Waals surface area contributed by atoms with Gasteiger partial charge in [-0.05, 0) is 110 Å². The summed E-state index contributed by atoms with van der Waals surface area (Å²) in [6.45, 7) is 9.70. The van der Waals surface area contributed by atoms with Gasteiger partial charge >= 0.3 is 0 Å². The summed E-state index contributed by atoms with van der Waals surface area (Å²) >= 11 is 1.72. The number of hydrogen-bond acceptors (Lipinski definition) is 3. The molecule has 1 unspecified atom stereocenters. The number of amides is 1. The van der Waals surface area contributed by atoms with E-state index in [4.69, 9.17) is 0 Å². The summed E-state index contributed by atoms with van der Waals surface area (Å²) in [5, 5.41) is 4.29. The number of aromatic amines is 1. The van der Waals surface area contributed by atoms with E-state index in [1.807, 2.05) is 42.2 Å². The molecule has 0 radical (unpaired) electrons. The number of H-pyrrole nitrogens is 1. The zero-order chi connectivity index (χ0) is 25.5. The minimum atomic E-state index is -0.137. The average molecular weight is 506 g/mol. The first-order valence-electron chi connectivity index (χ1n) is 12.7. The standard InChI is InChI=1S/C18H20N2OS.C12H16FN/c1-3-5-13-10-17(19-16(13)4-2)18(21)20-8-6-14(11-20)15-7-9-22-12-15;1-14-8-6-11(7-9-14)10-2-4-12(13)5-3-10/h3-5,7,9-10,12,14,19H,2,6,8,11H2,1H3;2-5,11H,6-9H2,1H3/b5-3-;. The number of rotatable bonds is 5. The first kappa shape index (κ1) is 26.1. The Morgan fingerprint density at radius 2 is 1.81 bits per heavy atom. The van der Waals surface area contributed by atoms with Crippen molar-refractivity contribution in [2.45, 2.75) is 38.0 Å². The van der Waals surface area contributed by atoms with Gasteiger partial charge in [0.15, 0.2) is 0 Å². The van der Waals surface area contributed by atoms with Crippen molar-refractivity contribution in [3.63, 3.8) is 0 Å². The minimum Gasteiger partial charge on any atom is -0.351 e. The Kier molecular flexibility index (Phi) is 8.94. The molecule has 2 aliphatic rings. The second-order valence-electron chi connectivity index (χ2n) is 9.68. The van der Waals surface area contributed by atoms with Gasteiger partial charge in [-0.2, -0.15) is 11.3 Å². The van der Waals surface area contributed by atoms with Crippen LogP contribution in [0.5, 0.6) is 0 Å². The highest BCUT2D eigenvalue weighted by Crippen LogP contribution is 2.30. The maximum Gasteiger partial charge on any atom is 0.270 e. The molecule has 4 heterocycles. The Morgan fingerprint density at radius 1 is 1.08 bits per heavy atom. The van der Waals surface area contributed by atoms with Gasteiger partial charge in [-0.3, -0.25) is 4.79 Å². The molecule has 2 aromatic heterocycles. The third-order valence-corrected chi connectivity index (χ3v) is 7.91. The number of benzene rings is 1. The number of allylic oxidation sites excluding steroid dienone is 1. The molecule has 190 valence electrons. The van der Waals surface area contributed by atoms with E-state index in [9.17, 15) is 9.18 Å². The number of halogens is 1. The van der Waals surface area contributed by atoms with Gasteiger partial charge in [-0.1, -0.05) is 30.9 Å². The molecular weight excluding hydrogens is 469 g/mol. The zero-order valence-corrected chi connectivity index (χ0v) is 22.1. The Balaban J connectivity index is 0.000000187. The average Bonchev–Trinajstić information content (AvgIpc) is 3.66. The minimum absolute atomic E-state index is 0.0802. The monoisotopic (exact) mass is 505 g/mol. The first-order valence-corrected chi connectivity index (χ1v) is 13.7. The molecule has 6 heteroatoms. The molecule has 1 aromatic carbocycles. The summed E-state index contributed by atoms with van der Waals surface area (Å²) in [6.07, 6.45) is 9.14. The fraction of sp³-hybridized carbons (Fsp3) is 0.367. The zero-order valence-electron chi connectivity index (χ0n) is 21.3. The van der Waals surface area contributed by atoms with Crippen LogP contribution in [0.2, 0.25) is 0 Å². The second-order valence-corrected chi connectivity index (χ2v) is 10.5. The lowest BCUT2D eigenvalue weighted by molar-refractivity contribution is 0.0785. The molecule has 1 N–H and O–H groups in total. The van der Waals surface area contributed by atoms with Gasteiger partial charge in [-0.15, -0.1) is 0 Å². The number of carbonyl (C=O) groups excluding carboxylic acids is 1. The molecule has 5 rings (SSSR count). The largest absolute Gasteiger partial charge is 0.351 e. The predicted octanol–water partition coefficient (Wildman–Crippen LogP) is 7.02. The van der Waals surface area contributed by atoms with E-state index in [2.05, 4.69) is 40.3 Å². The molecule has 2 fully saturated rings. The maximum absolute atomic E-state index is 12.7. The van der Waals surface area contributed by atoms with E-state index in [1.54, 1.807) is 29.5 Å². The first-order chi connectivity index (χ1) is 17.5. The smallest absolute Gasteiger partial charge is 0.270 e. The van der Waals surface area contributed by atoms with Crippen molar-refractivity contribution in [3.05, 3.63) is 93.7 Å². The van der Waals surface area contributed by atoms with Crippen LogP contribution in [0.1, 0.15) is 70.9 Å². The Labute approximate surface area is 218 Å². The predicted molar refractivity (Wildman–Crippen MR) is 149 cm³/mol. The van der Waals surface area contributed by atoms with E-state index < -0.39 is 0 Å². The summed E-state index contributed by atoms with van der Waals surface area (Å²) in [5.74, 6) is 1.05. The molecule has 3 aromatic rings. The van der Waals surface area contributed by atoms with Gasteiger partial charge in [0.1, 0.15) is 11.5 Å². The maximum atomic E-state index is 12.7. The molecule has 4 nitrogen and oxygen atoms in total. The summed E-state index contributed by atoms with van der Waals surface area (Å²) in [7, 11) is 2.15. The van der Waals surface area contributed by atoms with Crippen molar-refractivity contribution in [3.8, 4) is 0 Å². The van der Waals surface area contributed by atoms with Gasteiger partial charge in [0.25, 0.3) is 5.91 Å². The molecule has 2 aliphatic heterocycles. The molecule has 0 saturated carbocycles. The van der Waals surface area contributed by atoms with Gasteiger partial charge in [0.05, 0.1) is 0 Å². The van der Waals surface area contributed by atoms with Gasteiger partial charge in [-0.25, -0.2) is 4.39 Å². The third kappa shape index (κ3) is 6.42. The molecular formula is C30H36FN3OS. The van der Waals surface area contributed by atoms with E-state index >= 15 is 0 Å². The van der Waals surface area contributed by atoms with Gasteiger partial charge in [0.2, 0.25) is 0 Å². The molecule has 1 amide bonds.